The zero-order valence-electron chi connectivity index (χ0n) is 23.2. The second-order valence-corrected chi connectivity index (χ2v) is 14.8. The number of aliphatic hydroxyl groups is 1. The molecule has 1 saturated heterocycles. The molecule has 39 heavy (non-hydrogen) atoms. The van der Waals surface area contributed by atoms with Gasteiger partial charge in [-0.05, 0) is 98.3 Å². The smallest absolute Gasteiger partial charge is 0.407 e. The first-order chi connectivity index (χ1) is 18.6. The SMILES string of the molecule is CC(C)CN(C[C@@H](O)[C@H](CC1C2CC3CC(C2)CC1C3)NC(=O)O[C@H]1CCOC1)S(=O)(=O)c1ccc(N)cc1. The molecule has 4 bridgehead atoms. The number of aliphatic hydroxyl groups excluding tert-OH is 1. The van der Waals surface area contributed by atoms with Crippen LogP contribution in [0.3, 0.4) is 0 Å². The Hall–Kier alpha value is -1.88. The minimum absolute atomic E-state index is 0.0453. The number of carbonyl (C=O) groups is 1. The molecule has 6 rings (SSSR count). The van der Waals surface area contributed by atoms with Crippen LogP contribution in [0.5, 0.6) is 0 Å². The first-order valence-corrected chi connectivity index (χ1v) is 16.1. The van der Waals surface area contributed by atoms with Crippen LogP contribution in [0.1, 0.15) is 58.8 Å². The van der Waals surface area contributed by atoms with Crippen LogP contribution in [0.15, 0.2) is 29.2 Å². The maximum atomic E-state index is 13.6. The van der Waals surface area contributed by atoms with Gasteiger partial charge in [-0.2, -0.15) is 4.31 Å². The van der Waals surface area contributed by atoms with Crippen molar-refractivity contribution in [3.8, 4) is 0 Å². The van der Waals surface area contributed by atoms with E-state index < -0.39 is 28.3 Å². The number of nitrogen functional groups attached to an aromatic ring is 1. The second kappa shape index (κ2) is 11.9. The van der Waals surface area contributed by atoms with Crippen molar-refractivity contribution in [1.82, 2.24) is 9.62 Å². The maximum absolute atomic E-state index is 13.6. The molecule has 1 heterocycles. The van der Waals surface area contributed by atoms with Crippen molar-refractivity contribution in [2.45, 2.75) is 81.9 Å². The Morgan fingerprint density at radius 3 is 2.31 bits per heavy atom. The summed E-state index contributed by atoms with van der Waals surface area (Å²) >= 11 is 0. The molecule has 5 aliphatic rings. The summed E-state index contributed by atoms with van der Waals surface area (Å²) in [4.78, 5) is 13.1. The van der Waals surface area contributed by atoms with E-state index in [4.69, 9.17) is 15.2 Å². The van der Waals surface area contributed by atoms with Crippen LogP contribution in [0, 0.1) is 35.5 Å². The van der Waals surface area contributed by atoms with Crippen molar-refractivity contribution in [3.63, 3.8) is 0 Å². The highest BCUT2D eigenvalue weighted by Crippen LogP contribution is 2.57. The van der Waals surface area contributed by atoms with Gasteiger partial charge in [0.15, 0.2) is 0 Å². The average molecular weight is 564 g/mol. The van der Waals surface area contributed by atoms with Crippen LogP contribution in [0.4, 0.5) is 10.5 Å². The fourth-order valence-electron chi connectivity index (χ4n) is 7.77. The Labute approximate surface area is 232 Å². The summed E-state index contributed by atoms with van der Waals surface area (Å²) in [5, 5.41) is 14.5. The number of nitrogens with one attached hydrogen (secondary N) is 1. The Kier molecular flexibility index (Phi) is 8.76. The molecule has 10 heteroatoms. The molecule has 4 aliphatic carbocycles. The van der Waals surface area contributed by atoms with Gasteiger partial charge < -0.3 is 25.6 Å². The van der Waals surface area contributed by atoms with E-state index in [9.17, 15) is 18.3 Å². The number of sulfonamides is 1. The number of carbonyl (C=O) groups excluding carboxylic acids is 1. The van der Waals surface area contributed by atoms with Gasteiger partial charge in [-0.1, -0.05) is 13.8 Å². The minimum atomic E-state index is -3.88. The van der Waals surface area contributed by atoms with Crippen LogP contribution >= 0.6 is 0 Å². The van der Waals surface area contributed by atoms with E-state index in [0.29, 0.717) is 49.5 Å². The van der Waals surface area contributed by atoms with Crippen molar-refractivity contribution in [2.75, 3.05) is 32.0 Å². The molecule has 0 radical (unpaired) electrons. The number of rotatable bonds is 11. The number of alkyl carbamates (subject to hydrolysis) is 1. The molecule has 1 amide bonds. The lowest BCUT2D eigenvalue weighted by molar-refractivity contribution is -0.0501. The Morgan fingerprint density at radius 2 is 1.74 bits per heavy atom. The molecule has 0 unspecified atom stereocenters. The third kappa shape index (κ3) is 6.72. The fourth-order valence-corrected chi connectivity index (χ4v) is 9.40. The predicted molar refractivity (Wildman–Crippen MR) is 148 cm³/mol. The largest absolute Gasteiger partial charge is 0.444 e. The van der Waals surface area contributed by atoms with Crippen molar-refractivity contribution < 1.29 is 27.8 Å². The number of amides is 1. The van der Waals surface area contributed by atoms with E-state index in [-0.39, 0.29) is 30.0 Å². The van der Waals surface area contributed by atoms with E-state index in [1.54, 1.807) is 12.1 Å². The monoisotopic (exact) mass is 563 g/mol. The molecule has 0 spiro atoms. The first-order valence-electron chi connectivity index (χ1n) is 14.7. The van der Waals surface area contributed by atoms with E-state index in [1.165, 1.54) is 48.5 Å². The lowest BCUT2D eigenvalue weighted by atomic mass is 9.51. The molecule has 1 aliphatic heterocycles. The third-order valence-corrected chi connectivity index (χ3v) is 11.2. The summed E-state index contributed by atoms with van der Waals surface area (Å²) in [5.41, 5.74) is 6.26. The van der Waals surface area contributed by atoms with E-state index >= 15 is 0 Å². The summed E-state index contributed by atoms with van der Waals surface area (Å²) in [6, 6.07) is 5.51. The number of anilines is 1. The fraction of sp³-hybridized carbons (Fsp3) is 0.759. The number of nitrogens with two attached hydrogens (primary N) is 1. The number of benzene rings is 1. The zero-order valence-corrected chi connectivity index (χ0v) is 24.0. The van der Waals surface area contributed by atoms with Crippen molar-refractivity contribution in [1.29, 1.82) is 0 Å². The molecular formula is C29H45N3O6S. The van der Waals surface area contributed by atoms with Crippen LogP contribution < -0.4 is 11.1 Å². The normalized spacial score (nSPS) is 31.5. The topological polar surface area (TPSA) is 131 Å². The Balaban J connectivity index is 1.34. The highest BCUT2D eigenvalue weighted by molar-refractivity contribution is 7.89. The molecule has 4 N–H and O–H groups in total. The lowest BCUT2D eigenvalue weighted by Crippen LogP contribution is -2.54. The van der Waals surface area contributed by atoms with Gasteiger partial charge in [0.25, 0.3) is 0 Å². The van der Waals surface area contributed by atoms with Gasteiger partial charge in [-0.15, -0.1) is 0 Å². The molecule has 3 atom stereocenters. The number of ether oxygens (including phenoxy) is 2. The number of hydrogen-bond donors (Lipinski definition) is 3. The summed E-state index contributed by atoms with van der Waals surface area (Å²) in [6.45, 7) is 4.96. The molecule has 0 aromatic heterocycles. The third-order valence-electron chi connectivity index (χ3n) is 9.35. The second-order valence-electron chi connectivity index (χ2n) is 12.8. The summed E-state index contributed by atoms with van der Waals surface area (Å²) in [5.74, 6) is 3.33. The van der Waals surface area contributed by atoms with Crippen molar-refractivity contribution >= 4 is 21.8 Å². The average Bonchev–Trinajstić information content (AvgIpc) is 3.37. The van der Waals surface area contributed by atoms with Gasteiger partial charge in [-0.3, -0.25) is 0 Å². The van der Waals surface area contributed by atoms with Crippen LogP contribution in [-0.4, -0.2) is 68.5 Å². The summed E-state index contributed by atoms with van der Waals surface area (Å²) in [7, 11) is -3.88. The molecule has 218 valence electrons. The first kappa shape index (κ1) is 28.6. The highest BCUT2D eigenvalue weighted by Gasteiger charge is 2.49. The number of nitrogens with zero attached hydrogens (tertiary/aromatic N) is 1. The lowest BCUT2D eigenvalue weighted by Gasteiger charge is -2.55. The predicted octanol–water partition coefficient (Wildman–Crippen LogP) is 3.62. The van der Waals surface area contributed by atoms with Gasteiger partial charge >= 0.3 is 6.09 Å². The van der Waals surface area contributed by atoms with E-state index in [2.05, 4.69) is 5.32 Å². The minimum Gasteiger partial charge on any atom is -0.444 e. The summed E-state index contributed by atoms with van der Waals surface area (Å²) in [6.07, 6.45) is 5.60. The zero-order chi connectivity index (χ0) is 27.7. The molecule has 5 fully saturated rings. The molecule has 1 aromatic rings. The Bertz CT molecular complexity index is 1060. The summed E-state index contributed by atoms with van der Waals surface area (Å²) < 4.78 is 39.5. The van der Waals surface area contributed by atoms with Crippen molar-refractivity contribution in [3.05, 3.63) is 24.3 Å². The molecule has 4 saturated carbocycles. The van der Waals surface area contributed by atoms with Crippen molar-refractivity contribution in [2.24, 2.45) is 35.5 Å². The molecule has 1 aromatic carbocycles. The van der Waals surface area contributed by atoms with E-state index in [1.807, 2.05) is 13.8 Å². The highest BCUT2D eigenvalue weighted by atomic mass is 32.2. The van der Waals surface area contributed by atoms with Gasteiger partial charge in [0.2, 0.25) is 10.0 Å². The van der Waals surface area contributed by atoms with Crippen LogP contribution in [0.2, 0.25) is 0 Å². The van der Waals surface area contributed by atoms with Gasteiger partial charge in [-0.25, -0.2) is 13.2 Å². The molecular weight excluding hydrogens is 518 g/mol. The van der Waals surface area contributed by atoms with E-state index in [0.717, 1.165) is 11.8 Å². The quantitative estimate of drug-likeness (QED) is 0.351. The van der Waals surface area contributed by atoms with Crippen LogP contribution in [0.25, 0.3) is 0 Å². The number of hydrogen-bond acceptors (Lipinski definition) is 7. The van der Waals surface area contributed by atoms with Gasteiger partial charge in [0.05, 0.1) is 30.3 Å². The van der Waals surface area contributed by atoms with Gasteiger partial charge in [0.1, 0.15) is 6.10 Å². The van der Waals surface area contributed by atoms with Gasteiger partial charge in [0, 0.05) is 25.2 Å². The molecule has 9 nitrogen and oxygen atoms in total. The Morgan fingerprint density at radius 1 is 1.10 bits per heavy atom. The van der Waals surface area contributed by atoms with Crippen LogP contribution in [-0.2, 0) is 19.5 Å². The maximum Gasteiger partial charge on any atom is 0.407 e. The standard InChI is InChI=1S/C29H45N3O6S/c1-18(2)15-32(39(35,36)25-5-3-23(30)4-6-25)16-28(33)27(31-29(34)38-24-7-8-37-17-24)14-26-21-10-19-9-20(12-21)13-22(26)11-19/h3-6,18-22,24,26-28,33H,7-17,30H2,1-2H3,(H,31,34)/t19?,20?,21?,22?,24-,26?,27-,28+/m0/s1.